The van der Waals surface area contributed by atoms with Gasteiger partial charge in [0.25, 0.3) is 0 Å². The Labute approximate surface area is 172 Å². The van der Waals surface area contributed by atoms with Gasteiger partial charge in [-0.15, -0.1) is 0 Å². The summed E-state index contributed by atoms with van der Waals surface area (Å²) >= 11 is 0. The second kappa shape index (κ2) is 12.7. The molecule has 0 atom stereocenters. The molecular formula is C27H35N. The zero-order valence-corrected chi connectivity index (χ0v) is 18.4. The van der Waals surface area contributed by atoms with Crippen LogP contribution in [-0.4, -0.2) is 4.98 Å². The van der Waals surface area contributed by atoms with Gasteiger partial charge in [-0.3, -0.25) is 4.98 Å². The van der Waals surface area contributed by atoms with E-state index in [2.05, 4.69) is 76.8 Å². The fourth-order valence-electron chi connectivity index (χ4n) is 3.02. The third-order valence-corrected chi connectivity index (χ3v) is 4.78. The van der Waals surface area contributed by atoms with Crippen molar-refractivity contribution >= 4 is 11.1 Å². The summed E-state index contributed by atoms with van der Waals surface area (Å²) in [4.78, 5) is 4.75. The first-order valence-corrected chi connectivity index (χ1v) is 10.1. The predicted molar refractivity (Wildman–Crippen MR) is 127 cm³/mol. The molecule has 0 spiro atoms. The van der Waals surface area contributed by atoms with Gasteiger partial charge in [0.2, 0.25) is 0 Å². The first kappa shape index (κ1) is 23.4. The van der Waals surface area contributed by atoms with Crippen LogP contribution in [0.2, 0.25) is 0 Å². The molecule has 0 saturated heterocycles. The van der Waals surface area contributed by atoms with Crippen LogP contribution in [0.15, 0.2) is 90.2 Å². The van der Waals surface area contributed by atoms with Crippen LogP contribution in [0.25, 0.3) is 11.1 Å². The zero-order valence-electron chi connectivity index (χ0n) is 18.4. The highest BCUT2D eigenvalue weighted by atomic mass is 14.7. The summed E-state index contributed by atoms with van der Waals surface area (Å²) in [6, 6.07) is 4.23. The van der Waals surface area contributed by atoms with Crippen molar-refractivity contribution in [3.63, 3.8) is 0 Å². The Morgan fingerprint density at radius 1 is 1.04 bits per heavy atom. The SMILES string of the molecule is C=C\C=C(/C(C)=C(C)/C(/C=C\CCC)=C\C)c1ccc(C(/C=C\C)=C/C)cn1. The molecule has 0 bridgehead atoms. The first-order chi connectivity index (χ1) is 13.5. The molecule has 1 heteroatoms. The maximum atomic E-state index is 4.75. The molecule has 0 aliphatic rings. The summed E-state index contributed by atoms with van der Waals surface area (Å²) in [6.07, 6.45) is 21.0. The van der Waals surface area contributed by atoms with Gasteiger partial charge in [0, 0.05) is 11.8 Å². The van der Waals surface area contributed by atoms with E-state index in [4.69, 9.17) is 4.98 Å². The Bertz CT molecular complexity index is 822. The van der Waals surface area contributed by atoms with Crippen molar-refractivity contribution in [2.45, 2.75) is 54.4 Å². The maximum absolute atomic E-state index is 4.75. The van der Waals surface area contributed by atoms with Crippen molar-refractivity contribution in [2.24, 2.45) is 0 Å². The molecule has 0 radical (unpaired) electrons. The van der Waals surface area contributed by atoms with Crippen LogP contribution in [0.4, 0.5) is 0 Å². The number of allylic oxidation sites excluding steroid dienone is 13. The molecule has 28 heavy (non-hydrogen) atoms. The smallest absolute Gasteiger partial charge is 0.0705 e. The Morgan fingerprint density at radius 3 is 2.29 bits per heavy atom. The van der Waals surface area contributed by atoms with E-state index < -0.39 is 0 Å². The average molecular weight is 374 g/mol. The molecular weight excluding hydrogens is 338 g/mol. The molecule has 0 N–H and O–H groups in total. The van der Waals surface area contributed by atoms with Gasteiger partial charge in [-0.1, -0.05) is 74.6 Å². The number of nitrogens with zero attached hydrogens (tertiary/aromatic N) is 1. The lowest BCUT2D eigenvalue weighted by Gasteiger charge is -2.13. The standard InChI is InChI=1S/C27H35N/c1-8-13-14-17-23(11-4)21(6)22(7)26(16-10-3)27-19-18-25(20-28-27)24(12-5)15-9-2/h9-12,14-20H,3,8,13H2,1-2,4-7H3/b15-9-,17-14-,22-21+,23-11-,24-12+,26-16+. The molecule has 1 rings (SSSR count). The molecule has 0 amide bonds. The monoisotopic (exact) mass is 373 g/mol. The lowest BCUT2D eigenvalue weighted by atomic mass is 9.93. The van der Waals surface area contributed by atoms with Gasteiger partial charge in [0.05, 0.1) is 5.69 Å². The second-order valence-electron chi connectivity index (χ2n) is 6.68. The third-order valence-electron chi connectivity index (χ3n) is 4.78. The quantitative estimate of drug-likeness (QED) is 0.397. The van der Waals surface area contributed by atoms with E-state index >= 15 is 0 Å². The van der Waals surface area contributed by atoms with Gasteiger partial charge in [0.15, 0.2) is 0 Å². The van der Waals surface area contributed by atoms with E-state index in [1.54, 1.807) is 0 Å². The Kier molecular flexibility index (Phi) is 10.6. The molecule has 0 saturated carbocycles. The number of rotatable bonds is 9. The summed E-state index contributed by atoms with van der Waals surface area (Å²) in [7, 11) is 0. The lowest BCUT2D eigenvalue weighted by Crippen LogP contribution is -1.96. The van der Waals surface area contributed by atoms with Crippen LogP contribution in [-0.2, 0) is 0 Å². The van der Waals surface area contributed by atoms with Gasteiger partial charge in [-0.25, -0.2) is 0 Å². The number of unbranched alkanes of at least 4 members (excludes halogenated alkanes) is 1. The minimum Gasteiger partial charge on any atom is -0.256 e. The number of hydrogen-bond acceptors (Lipinski definition) is 1. The van der Waals surface area contributed by atoms with E-state index in [9.17, 15) is 0 Å². The molecule has 1 nitrogen and oxygen atoms in total. The Hall–Kier alpha value is -2.67. The van der Waals surface area contributed by atoms with Gasteiger partial charge in [-0.05, 0) is 75.0 Å². The minimum absolute atomic E-state index is 0.962. The predicted octanol–water partition coefficient (Wildman–Crippen LogP) is 8.27. The van der Waals surface area contributed by atoms with Gasteiger partial charge < -0.3 is 0 Å². The zero-order chi connectivity index (χ0) is 20.9. The second-order valence-corrected chi connectivity index (χ2v) is 6.68. The topological polar surface area (TPSA) is 12.9 Å². The molecule has 148 valence electrons. The van der Waals surface area contributed by atoms with Crippen molar-refractivity contribution in [2.75, 3.05) is 0 Å². The third kappa shape index (κ3) is 6.49. The van der Waals surface area contributed by atoms with Crippen molar-refractivity contribution in [3.8, 4) is 0 Å². The van der Waals surface area contributed by atoms with Crippen LogP contribution in [0.1, 0.15) is 65.6 Å². The summed E-state index contributed by atoms with van der Waals surface area (Å²) in [6.45, 7) is 16.6. The molecule has 0 unspecified atom stereocenters. The van der Waals surface area contributed by atoms with Crippen LogP contribution in [0.5, 0.6) is 0 Å². The highest BCUT2D eigenvalue weighted by molar-refractivity contribution is 5.81. The van der Waals surface area contributed by atoms with E-state index in [0.29, 0.717) is 0 Å². The van der Waals surface area contributed by atoms with Crippen molar-refractivity contribution in [1.82, 2.24) is 4.98 Å². The lowest BCUT2D eigenvalue weighted by molar-refractivity contribution is 0.957. The van der Waals surface area contributed by atoms with Crippen LogP contribution in [0, 0.1) is 0 Å². The fourth-order valence-corrected chi connectivity index (χ4v) is 3.02. The van der Waals surface area contributed by atoms with E-state index in [-0.39, 0.29) is 0 Å². The number of hydrogen-bond donors (Lipinski definition) is 0. The molecule has 0 aliphatic carbocycles. The van der Waals surface area contributed by atoms with Gasteiger partial charge in [-0.2, -0.15) is 0 Å². The van der Waals surface area contributed by atoms with Crippen LogP contribution >= 0.6 is 0 Å². The van der Waals surface area contributed by atoms with Crippen molar-refractivity contribution < 1.29 is 0 Å². The summed E-state index contributed by atoms with van der Waals surface area (Å²) in [5, 5.41) is 0. The van der Waals surface area contributed by atoms with Gasteiger partial charge >= 0.3 is 0 Å². The van der Waals surface area contributed by atoms with Crippen molar-refractivity contribution in [3.05, 3.63) is 101 Å². The van der Waals surface area contributed by atoms with Crippen LogP contribution in [0.3, 0.4) is 0 Å². The average Bonchev–Trinajstić information content (AvgIpc) is 2.72. The highest BCUT2D eigenvalue weighted by Crippen LogP contribution is 2.28. The molecule has 1 heterocycles. The van der Waals surface area contributed by atoms with E-state index in [1.807, 2.05) is 38.3 Å². The Morgan fingerprint density at radius 2 is 1.79 bits per heavy atom. The molecule has 0 aromatic carbocycles. The highest BCUT2D eigenvalue weighted by Gasteiger charge is 2.10. The summed E-state index contributed by atoms with van der Waals surface area (Å²) < 4.78 is 0. The Balaban J connectivity index is 3.33. The molecule has 1 aromatic rings. The fraction of sp³-hybridized carbons (Fsp3) is 0.296. The molecule has 1 aromatic heterocycles. The molecule has 0 fully saturated rings. The first-order valence-electron chi connectivity index (χ1n) is 10.1. The van der Waals surface area contributed by atoms with Gasteiger partial charge in [0.1, 0.15) is 0 Å². The largest absolute Gasteiger partial charge is 0.256 e. The van der Waals surface area contributed by atoms with E-state index in [1.165, 1.54) is 22.3 Å². The normalized spacial score (nSPS) is 14.7. The van der Waals surface area contributed by atoms with Crippen LogP contribution < -0.4 is 0 Å². The summed E-state index contributed by atoms with van der Waals surface area (Å²) in [5.41, 5.74) is 8.10. The summed E-state index contributed by atoms with van der Waals surface area (Å²) in [5.74, 6) is 0. The minimum atomic E-state index is 0.962. The van der Waals surface area contributed by atoms with Crippen molar-refractivity contribution in [1.29, 1.82) is 0 Å². The maximum Gasteiger partial charge on any atom is 0.0705 e. The number of aromatic nitrogens is 1. The molecule has 0 aliphatic heterocycles. The number of pyridine rings is 1. The van der Waals surface area contributed by atoms with E-state index in [0.717, 1.165) is 29.7 Å².